The molecule has 1 unspecified atom stereocenters. The summed E-state index contributed by atoms with van der Waals surface area (Å²) in [6.45, 7) is 1.86. The molecule has 28 heavy (non-hydrogen) atoms. The lowest BCUT2D eigenvalue weighted by molar-refractivity contribution is -0.136. The van der Waals surface area contributed by atoms with E-state index in [2.05, 4.69) is 27.5 Å². The van der Waals surface area contributed by atoms with Crippen LogP contribution in [0.3, 0.4) is 0 Å². The van der Waals surface area contributed by atoms with Gasteiger partial charge >= 0.3 is 17.8 Å². The van der Waals surface area contributed by atoms with Gasteiger partial charge in [-0.1, -0.05) is 18.2 Å². The topological polar surface area (TPSA) is 84.5 Å². The Kier molecular flexibility index (Phi) is 6.09. The highest BCUT2D eigenvalue weighted by atomic mass is 16.5. The zero-order valence-electron chi connectivity index (χ0n) is 16.1. The van der Waals surface area contributed by atoms with Crippen molar-refractivity contribution in [1.82, 2.24) is 5.32 Å². The summed E-state index contributed by atoms with van der Waals surface area (Å²) in [5, 5.41) is 5.27. The molecule has 1 aliphatic carbocycles. The Morgan fingerprint density at radius 2 is 1.61 bits per heavy atom. The molecule has 146 valence electrons. The quantitative estimate of drug-likeness (QED) is 0.630. The molecule has 3 rings (SSSR count). The molecule has 1 aliphatic rings. The third-order valence-corrected chi connectivity index (χ3v) is 4.99. The Hall–Kier alpha value is -3.15. The molecule has 2 aromatic carbocycles. The maximum atomic E-state index is 12.2. The van der Waals surface area contributed by atoms with Crippen molar-refractivity contribution < 1.29 is 19.1 Å². The molecule has 2 aromatic rings. The van der Waals surface area contributed by atoms with E-state index < -0.39 is 17.8 Å². The van der Waals surface area contributed by atoms with Gasteiger partial charge < -0.3 is 15.4 Å². The van der Waals surface area contributed by atoms with E-state index in [1.165, 1.54) is 43.2 Å². The molecule has 0 saturated heterocycles. The summed E-state index contributed by atoms with van der Waals surface area (Å²) in [7, 11) is 1.30. The van der Waals surface area contributed by atoms with Gasteiger partial charge in [0.05, 0.1) is 18.7 Å². The first kappa shape index (κ1) is 19.6. The number of esters is 1. The van der Waals surface area contributed by atoms with Crippen molar-refractivity contribution in [1.29, 1.82) is 0 Å². The number of anilines is 1. The molecule has 6 nitrogen and oxygen atoms in total. The third kappa shape index (κ3) is 4.57. The lowest BCUT2D eigenvalue weighted by Gasteiger charge is -2.20. The van der Waals surface area contributed by atoms with Crippen LogP contribution in [0.2, 0.25) is 0 Å². The molecular weight excluding hydrogens is 356 g/mol. The Balaban J connectivity index is 1.59. The van der Waals surface area contributed by atoms with E-state index in [-0.39, 0.29) is 6.04 Å². The van der Waals surface area contributed by atoms with Crippen molar-refractivity contribution in [2.24, 2.45) is 0 Å². The van der Waals surface area contributed by atoms with Crippen molar-refractivity contribution >= 4 is 23.5 Å². The smallest absolute Gasteiger partial charge is 0.337 e. The zero-order chi connectivity index (χ0) is 20.1. The van der Waals surface area contributed by atoms with Crippen LogP contribution >= 0.6 is 0 Å². The molecule has 0 bridgehead atoms. The van der Waals surface area contributed by atoms with Gasteiger partial charge in [0.25, 0.3) is 0 Å². The van der Waals surface area contributed by atoms with Gasteiger partial charge in [-0.15, -0.1) is 0 Å². The fourth-order valence-corrected chi connectivity index (χ4v) is 3.36. The van der Waals surface area contributed by atoms with E-state index in [0.29, 0.717) is 11.3 Å². The normalized spacial score (nSPS) is 13.8. The lowest BCUT2D eigenvalue weighted by atomic mass is 9.89. The molecule has 0 spiro atoms. The summed E-state index contributed by atoms with van der Waals surface area (Å²) in [4.78, 5) is 35.8. The second kappa shape index (κ2) is 8.69. The summed E-state index contributed by atoms with van der Waals surface area (Å²) >= 11 is 0. The standard InChI is InChI=1S/C22H24N2O4/c1-14(17-8-7-15-5-3-4-6-18(15)13-17)23-20(25)21(26)24-19-11-9-16(10-12-19)22(27)28-2/h7-14H,3-6H2,1-2H3,(H,23,25)(H,24,26). The Morgan fingerprint density at radius 1 is 0.929 bits per heavy atom. The summed E-state index contributed by atoms with van der Waals surface area (Å²) in [5.41, 5.74) is 4.49. The molecule has 0 heterocycles. The maximum absolute atomic E-state index is 12.2. The largest absolute Gasteiger partial charge is 0.465 e. The second-order valence-corrected chi connectivity index (χ2v) is 6.95. The summed E-state index contributed by atoms with van der Waals surface area (Å²) in [6.07, 6.45) is 4.58. The van der Waals surface area contributed by atoms with Crippen LogP contribution in [0.5, 0.6) is 0 Å². The number of hydrogen-bond donors (Lipinski definition) is 2. The minimum Gasteiger partial charge on any atom is -0.465 e. The molecule has 2 amide bonds. The number of carbonyl (C=O) groups excluding carboxylic acids is 3. The number of ether oxygens (including phenoxy) is 1. The van der Waals surface area contributed by atoms with Gasteiger partial charge in [-0.25, -0.2) is 4.79 Å². The molecule has 0 fully saturated rings. The SMILES string of the molecule is COC(=O)c1ccc(NC(=O)C(=O)NC(C)c2ccc3c(c2)CCCC3)cc1. The van der Waals surface area contributed by atoms with E-state index in [1.807, 2.05) is 13.0 Å². The Bertz CT molecular complexity index is 890. The maximum Gasteiger partial charge on any atom is 0.337 e. The average Bonchev–Trinajstić information content (AvgIpc) is 2.73. The van der Waals surface area contributed by atoms with Gasteiger partial charge in [-0.05, 0) is 73.6 Å². The van der Waals surface area contributed by atoms with E-state index in [0.717, 1.165) is 18.4 Å². The number of carbonyl (C=O) groups is 3. The average molecular weight is 380 g/mol. The van der Waals surface area contributed by atoms with Crippen LogP contribution in [0.1, 0.15) is 52.9 Å². The molecular formula is C22H24N2O4. The Morgan fingerprint density at radius 3 is 2.29 bits per heavy atom. The minimum atomic E-state index is -0.754. The van der Waals surface area contributed by atoms with Crippen LogP contribution in [0, 0.1) is 0 Å². The van der Waals surface area contributed by atoms with Crippen LogP contribution in [0.15, 0.2) is 42.5 Å². The Labute approximate surface area is 164 Å². The highest BCUT2D eigenvalue weighted by molar-refractivity contribution is 6.39. The van der Waals surface area contributed by atoms with Crippen molar-refractivity contribution in [3.8, 4) is 0 Å². The second-order valence-electron chi connectivity index (χ2n) is 6.95. The number of rotatable bonds is 4. The van der Waals surface area contributed by atoms with Gasteiger partial charge in [0.15, 0.2) is 0 Å². The van der Waals surface area contributed by atoms with E-state index >= 15 is 0 Å². The zero-order valence-corrected chi connectivity index (χ0v) is 16.1. The summed E-state index contributed by atoms with van der Waals surface area (Å²) in [5.74, 6) is -1.92. The lowest BCUT2D eigenvalue weighted by Crippen LogP contribution is -2.37. The molecule has 6 heteroatoms. The number of amides is 2. The van der Waals surface area contributed by atoms with Crippen LogP contribution in [-0.2, 0) is 27.2 Å². The van der Waals surface area contributed by atoms with Crippen molar-refractivity contribution in [2.75, 3.05) is 12.4 Å². The molecule has 0 aliphatic heterocycles. The molecule has 2 N–H and O–H groups in total. The van der Waals surface area contributed by atoms with Crippen molar-refractivity contribution in [3.05, 3.63) is 64.7 Å². The minimum absolute atomic E-state index is 0.271. The monoisotopic (exact) mass is 380 g/mol. The number of methoxy groups -OCH3 is 1. The number of hydrogen-bond acceptors (Lipinski definition) is 4. The van der Waals surface area contributed by atoms with Gasteiger partial charge in [-0.2, -0.15) is 0 Å². The highest BCUT2D eigenvalue weighted by Gasteiger charge is 2.19. The van der Waals surface area contributed by atoms with Gasteiger partial charge in [0.2, 0.25) is 0 Å². The summed E-state index contributed by atoms with van der Waals surface area (Å²) in [6, 6.07) is 12.1. The predicted octanol–water partition coefficient (Wildman–Crippen LogP) is 3.17. The molecule has 0 saturated carbocycles. The first-order valence-electron chi connectivity index (χ1n) is 9.40. The van der Waals surface area contributed by atoms with Gasteiger partial charge in [0.1, 0.15) is 0 Å². The molecule has 1 atom stereocenters. The van der Waals surface area contributed by atoms with Gasteiger partial charge in [-0.3, -0.25) is 9.59 Å². The van der Waals surface area contributed by atoms with Crippen LogP contribution in [0.25, 0.3) is 0 Å². The van der Waals surface area contributed by atoms with Crippen LogP contribution < -0.4 is 10.6 Å². The number of fused-ring (bicyclic) bond motifs is 1. The van der Waals surface area contributed by atoms with E-state index in [9.17, 15) is 14.4 Å². The van der Waals surface area contributed by atoms with Gasteiger partial charge in [0, 0.05) is 5.69 Å². The van der Waals surface area contributed by atoms with Crippen LogP contribution in [0.4, 0.5) is 5.69 Å². The molecule has 0 radical (unpaired) electrons. The number of aryl methyl sites for hydroxylation is 2. The fourth-order valence-electron chi connectivity index (χ4n) is 3.36. The predicted molar refractivity (Wildman–Crippen MR) is 106 cm³/mol. The highest BCUT2D eigenvalue weighted by Crippen LogP contribution is 2.24. The van der Waals surface area contributed by atoms with Crippen molar-refractivity contribution in [2.45, 2.75) is 38.6 Å². The first-order chi connectivity index (χ1) is 13.5. The number of nitrogens with one attached hydrogen (secondary N) is 2. The number of benzene rings is 2. The molecule has 0 aromatic heterocycles. The van der Waals surface area contributed by atoms with Crippen molar-refractivity contribution in [3.63, 3.8) is 0 Å². The third-order valence-electron chi connectivity index (χ3n) is 4.99. The van der Waals surface area contributed by atoms with E-state index in [4.69, 9.17) is 0 Å². The first-order valence-corrected chi connectivity index (χ1v) is 9.40. The van der Waals surface area contributed by atoms with E-state index in [1.54, 1.807) is 12.1 Å². The fraction of sp³-hybridized carbons (Fsp3) is 0.318. The summed E-state index contributed by atoms with van der Waals surface area (Å²) < 4.78 is 4.63. The van der Waals surface area contributed by atoms with Crippen LogP contribution in [-0.4, -0.2) is 24.9 Å².